The molecule has 0 radical (unpaired) electrons. The van der Waals surface area contributed by atoms with Crippen molar-refractivity contribution in [1.82, 2.24) is 4.98 Å². The van der Waals surface area contributed by atoms with Gasteiger partial charge >= 0.3 is 18.2 Å². The Kier molecular flexibility index (Phi) is 6.89. The number of imide groups is 1. The van der Waals surface area contributed by atoms with Crippen molar-refractivity contribution in [1.29, 1.82) is 0 Å². The number of carbonyl (C=O) groups is 3. The number of aromatic nitrogens is 1. The third kappa shape index (κ3) is 5.61. The zero-order valence-electron chi connectivity index (χ0n) is 16.9. The van der Waals surface area contributed by atoms with Crippen molar-refractivity contribution in [2.45, 2.75) is 19.5 Å². The Morgan fingerprint density at radius 2 is 1.97 bits per heavy atom. The van der Waals surface area contributed by atoms with E-state index in [9.17, 15) is 31.9 Å². The van der Waals surface area contributed by atoms with Gasteiger partial charge in [0.1, 0.15) is 17.3 Å². The average Bonchev–Trinajstić information content (AvgIpc) is 2.74. The van der Waals surface area contributed by atoms with Gasteiger partial charge in [-0.2, -0.15) is 18.2 Å². The molecular weight excluding hydrogens is 454 g/mol. The molecule has 1 aliphatic heterocycles. The second kappa shape index (κ2) is 9.63. The second-order valence-corrected chi connectivity index (χ2v) is 6.36. The van der Waals surface area contributed by atoms with Crippen LogP contribution in [0.15, 0.2) is 41.5 Å². The third-order valence-electron chi connectivity index (χ3n) is 4.07. The summed E-state index contributed by atoms with van der Waals surface area (Å²) >= 11 is 0. The van der Waals surface area contributed by atoms with Crippen molar-refractivity contribution in [3.8, 4) is 17.4 Å². The second-order valence-electron chi connectivity index (χ2n) is 6.36. The highest BCUT2D eigenvalue weighted by Crippen LogP contribution is 2.34. The number of amides is 3. The Balaban J connectivity index is 1.85. The van der Waals surface area contributed by atoms with Crippen molar-refractivity contribution in [2.24, 2.45) is 4.99 Å². The molecule has 1 aromatic carbocycles. The summed E-state index contributed by atoms with van der Waals surface area (Å²) in [6.45, 7) is 1.30. The Morgan fingerprint density at radius 3 is 2.64 bits per heavy atom. The van der Waals surface area contributed by atoms with Crippen LogP contribution in [0.1, 0.15) is 13.3 Å². The Bertz CT molecular complexity index is 1120. The van der Waals surface area contributed by atoms with Crippen LogP contribution in [-0.2, 0) is 14.3 Å². The van der Waals surface area contributed by atoms with E-state index in [1.165, 1.54) is 18.3 Å². The van der Waals surface area contributed by atoms with Crippen LogP contribution in [0.2, 0.25) is 0 Å². The first-order chi connectivity index (χ1) is 15.6. The van der Waals surface area contributed by atoms with Gasteiger partial charge in [0.15, 0.2) is 12.4 Å². The van der Waals surface area contributed by atoms with E-state index in [2.05, 4.69) is 9.98 Å². The van der Waals surface area contributed by atoms with E-state index in [-0.39, 0.29) is 28.9 Å². The van der Waals surface area contributed by atoms with Gasteiger partial charge in [-0.25, -0.2) is 23.9 Å². The first-order valence-corrected chi connectivity index (χ1v) is 9.32. The molecule has 3 amide bonds. The summed E-state index contributed by atoms with van der Waals surface area (Å²) in [5, 5.41) is 0. The summed E-state index contributed by atoms with van der Waals surface area (Å²) in [4.78, 5) is 42.7. The van der Waals surface area contributed by atoms with E-state index < -0.39 is 54.3 Å². The van der Waals surface area contributed by atoms with Crippen LogP contribution in [0, 0.1) is 5.82 Å². The highest BCUT2D eigenvalue weighted by atomic mass is 19.4. The van der Waals surface area contributed by atoms with Crippen LogP contribution in [0.5, 0.6) is 17.4 Å². The molecule has 13 heteroatoms. The number of alkyl halides is 3. The van der Waals surface area contributed by atoms with Gasteiger partial charge in [0.05, 0.1) is 18.7 Å². The molecule has 0 unspecified atom stereocenters. The number of nitrogens with zero attached hydrogens (tertiary/aromatic N) is 3. The monoisotopic (exact) mass is 469 g/mol. The molecule has 2 aromatic rings. The van der Waals surface area contributed by atoms with E-state index in [0.717, 1.165) is 18.2 Å². The van der Waals surface area contributed by atoms with Crippen molar-refractivity contribution >= 4 is 29.3 Å². The number of anilines is 1. The summed E-state index contributed by atoms with van der Waals surface area (Å²) in [7, 11) is 0. The molecule has 3 rings (SSSR count). The topological polar surface area (TPSA) is 107 Å². The van der Waals surface area contributed by atoms with Crippen LogP contribution in [0.4, 0.5) is 28.0 Å². The predicted octanol–water partition coefficient (Wildman–Crippen LogP) is 3.81. The minimum atomic E-state index is -4.97. The number of benzene rings is 1. The van der Waals surface area contributed by atoms with E-state index in [4.69, 9.17) is 14.2 Å². The van der Waals surface area contributed by atoms with Crippen molar-refractivity contribution < 1.29 is 46.2 Å². The zero-order valence-corrected chi connectivity index (χ0v) is 16.9. The third-order valence-corrected chi connectivity index (χ3v) is 4.07. The van der Waals surface area contributed by atoms with Gasteiger partial charge < -0.3 is 14.2 Å². The maximum Gasteiger partial charge on any atom is 0.430 e. The fourth-order valence-corrected chi connectivity index (χ4v) is 2.68. The van der Waals surface area contributed by atoms with Crippen molar-refractivity contribution in [3.63, 3.8) is 0 Å². The molecule has 0 spiro atoms. The van der Waals surface area contributed by atoms with Crippen LogP contribution < -0.4 is 14.4 Å². The van der Waals surface area contributed by atoms with Crippen LogP contribution in [0.25, 0.3) is 0 Å². The molecule has 0 bridgehead atoms. The molecular formula is C20H15F4N3O6. The lowest BCUT2D eigenvalue weighted by Crippen LogP contribution is -2.44. The van der Waals surface area contributed by atoms with E-state index >= 15 is 0 Å². The number of hydrogen-bond acceptors (Lipinski definition) is 7. The zero-order chi connectivity index (χ0) is 24.2. The fourth-order valence-electron chi connectivity index (χ4n) is 2.68. The minimum Gasteiger partial charge on any atom is -0.463 e. The maximum atomic E-state index is 14.4. The molecule has 1 aliphatic rings. The number of urea groups is 1. The Morgan fingerprint density at radius 1 is 1.21 bits per heavy atom. The lowest BCUT2D eigenvalue weighted by Gasteiger charge is -2.25. The van der Waals surface area contributed by atoms with Gasteiger partial charge in [-0.1, -0.05) is 0 Å². The summed E-state index contributed by atoms with van der Waals surface area (Å²) in [5.74, 6) is -3.25. The first kappa shape index (κ1) is 23.6. The molecule has 0 aliphatic carbocycles. The number of halogens is 4. The number of esters is 1. The highest BCUT2D eigenvalue weighted by molar-refractivity contribution is 6.26. The summed E-state index contributed by atoms with van der Waals surface area (Å²) < 4.78 is 68.3. The Hall–Kier alpha value is -4.03. The van der Waals surface area contributed by atoms with Gasteiger partial charge in [-0.15, -0.1) is 0 Å². The SMILES string of the molecule is CCOC(=O)COc1ncccc1Oc1ccc(F)c(N2C(=O)CC(C(F)(F)F)=NC2=O)c1. The van der Waals surface area contributed by atoms with Gasteiger partial charge in [-0.3, -0.25) is 4.79 Å². The predicted molar refractivity (Wildman–Crippen MR) is 104 cm³/mol. The standard InChI is InChI=1S/C20H15F4N3O6/c1-2-31-17(29)10-32-18-14(4-3-7-25-18)33-11-5-6-12(21)13(8-11)27-16(28)9-15(20(22,23)24)26-19(27)30/h3-8H,2,9-10H2,1H3. The normalized spacial score (nSPS) is 14.1. The molecule has 33 heavy (non-hydrogen) atoms. The summed E-state index contributed by atoms with van der Waals surface area (Å²) in [5.41, 5.74) is -2.22. The van der Waals surface area contributed by atoms with E-state index in [1.54, 1.807) is 6.92 Å². The summed E-state index contributed by atoms with van der Waals surface area (Å²) in [6, 6.07) is 4.22. The fraction of sp³-hybridized carbons (Fsp3) is 0.250. The molecule has 0 saturated carbocycles. The number of aliphatic imine (C=N–C) groups is 1. The van der Waals surface area contributed by atoms with E-state index in [0.29, 0.717) is 0 Å². The quantitative estimate of drug-likeness (QED) is 0.448. The van der Waals surface area contributed by atoms with E-state index in [1.807, 2.05) is 0 Å². The summed E-state index contributed by atoms with van der Waals surface area (Å²) in [6.07, 6.45) is -4.85. The average molecular weight is 469 g/mol. The van der Waals surface area contributed by atoms with Crippen molar-refractivity contribution in [3.05, 3.63) is 42.3 Å². The van der Waals surface area contributed by atoms with Crippen LogP contribution >= 0.6 is 0 Å². The number of rotatable bonds is 7. The highest BCUT2D eigenvalue weighted by Gasteiger charge is 2.43. The maximum absolute atomic E-state index is 14.4. The van der Waals surface area contributed by atoms with Crippen LogP contribution in [0.3, 0.4) is 0 Å². The van der Waals surface area contributed by atoms with Gasteiger partial charge in [0, 0.05) is 12.3 Å². The number of hydrogen-bond donors (Lipinski definition) is 0. The van der Waals surface area contributed by atoms with Gasteiger partial charge in [-0.05, 0) is 31.2 Å². The Labute approximate surface area is 183 Å². The molecule has 0 saturated heterocycles. The number of ether oxygens (including phenoxy) is 3. The minimum absolute atomic E-state index is 0.00645. The molecule has 1 aromatic heterocycles. The van der Waals surface area contributed by atoms with Gasteiger partial charge in [0.2, 0.25) is 5.91 Å². The molecule has 0 fully saturated rings. The number of carbonyl (C=O) groups excluding carboxylic acids is 3. The lowest BCUT2D eigenvalue weighted by atomic mass is 10.1. The molecule has 2 heterocycles. The lowest BCUT2D eigenvalue weighted by molar-refractivity contribution is -0.145. The van der Waals surface area contributed by atoms with Gasteiger partial charge in [0.25, 0.3) is 5.88 Å². The molecule has 174 valence electrons. The molecule has 0 N–H and O–H groups in total. The molecule has 9 nitrogen and oxygen atoms in total. The number of pyridine rings is 1. The van der Waals surface area contributed by atoms with Crippen molar-refractivity contribution in [2.75, 3.05) is 18.1 Å². The first-order valence-electron chi connectivity index (χ1n) is 9.32. The molecule has 0 atom stereocenters. The smallest absolute Gasteiger partial charge is 0.430 e. The largest absolute Gasteiger partial charge is 0.463 e. The van der Waals surface area contributed by atoms with Crippen LogP contribution in [-0.4, -0.2) is 48.0 Å².